The fraction of sp³-hybridized carbons (Fsp3) is 0.900. The summed E-state index contributed by atoms with van der Waals surface area (Å²) in [5.74, 6) is 0.189. The van der Waals surface area contributed by atoms with Crippen LogP contribution < -0.4 is 5.73 Å². The minimum Gasteiger partial charge on any atom is -0.409 e. The van der Waals surface area contributed by atoms with Crippen molar-refractivity contribution in [1.82, 2.24) is 0 Å². The van der Waals surface area contributed by atoms with Gasteiger partial charge in [0.2, 0.25) is 0 Å². The van der Waals surface area contributed by atoms with Crippen LogP contribution in [0.4, 0.5) is 0 Å². The second-order valence-corrected chi connectivity index (χ2v) is 3.44. The van der Waals surface area contributed by atoms with Crippen LogP contribution in [0.3, 0.4) is 0 Å². The molecule has 0 aliphatic rings. The predicted molar refractivity (Wildman–Crippen MR) is 59.2 cm³/mol. The van der Waals surface area contributed by atoms with E-state index in [1.165, 1.54) is 0 Å². The highest BCUT2D eigenvalue weighted by molar-refractivity contribution is 5.79. The lowest BCUT2D eigenvalue weighted by Gasteiger charge is -2.12. The highest BCUT2D eigenvalue weighted by Gasteiger charge is 2.04. The highest BCUT2D eigenvalue weighted by atomic mass is 16.5. The van der Waals surface area contributed by atoms with Gasteiger partial charge in [-0.2, -0.15) is 0 Å². The van der Waals surface area contributed by atoms with Gasteiger partial charge in [-0.3, -0.25) is 0 Å². The molecule has 0 aromatic rings. The van der Waals surface area contributed by atoms with Gasteiger partial charge in [0.15, 0.2) is 0 Å². The van der Waals surface area contributed by atoms with Gasteiger partial charge in [0, 0.05) is 13.0 Å². The standard InChI is InChI=1S/C10H22N2O3/c1-3-4-5-14-6-7-15-9(2)8-10(11)12-13/h9,13H,3-8H2,1-2H3,(H2,11,12). The molecule has 0 spiro atoms. The number of nitrogens with zero attached hydrogens (tertiary/aromatic N) is 1. The monoisotopic (exact) mass is 218 g/mol. The third kappa shape index (κ3) is 9.49. The summed E-state index contributed by atoms with van der Waals surface area (Å²) in [7, 11) is 0. The first-order chi connectivity index (χ1) is 7.20. The molecule has 0 aliphatic carbocycles. The van der Waals surface area contributed by atoms with E-state index in [9.17, 15) is 0 Å². The summed E-state index contributed by atoms with van der Waals surface area (Å²) in [5, 5.41) is 11.2. The van der Waals surface area contributed by atoms with Crippen molar-refractivity contribution < 1.29 is 14.7 Å². The third-order valence-electron chi connectivity index (χ3n) is 1.90. The Labute approximate surface area is 91.2 Å². The molecule has 5 heteroatoms. The molecule has 90 valence electrons. The van der Waals surface area contributed by atoms with Crippen LogP contribution in [0.25, 0.3) is 0 Å². The highest BCUT2D eigenvalue weighted by Crippen LogP contribution is 1.97. The lowest BCUT2D eigenvalue weighted by atomic mass is 10.3. The molecule has 0 heterocycles. The van der Waals surface area contributed by atoms with E-state index in [-0.39, 0.29) is 11.9 Å². The Kier molecular flexibility index (Phi) is 9.21. The molecule has 0 aromatic heterocycles. The minimum atomic E-state index is -0.0457. The van der Waals surface area contributed by atoms with Crippen molar-refractivity contribution in [2.24, 2.45) is 10.9 Å². The van der Waals surface area contributed by atoms with Crippen molar-refractivity contribution in [3.63, 3.8) is 0 Å². The molecule has 0 fully saturated rings. The summed E-state index contributed by atoms with van der Waals surface area (Å²) in [6, 6.07) is 0. The number of unbranched alkanes of at least 4 members (excludes halogenated alkanes) is 1. The third-order valence-corrected chi connectivity index (χ3v) is 1.90. The Morgan fingerprint density at radius 2 is 2.13 bits per heavy atom. The van der Waals surface area contributed by atoms with Gasteiger partial charge in [0.1, 0.15) is 5.84 Å². The van der Waals surface area contributed by atoms with Gasteiger partial charge in [0.05, 0.1) is 19.3 Å². The molecule has 0 aliphatic heterocycles. The zero-order chi connectivity index (χ0) is 11.5. The fourth-order valence-corrected chi connectivity index (χ4v) is 1.05. The molecule has 15 heavy (non-hydrogen) atoms. The normalized spacial score (nSPS) is 14.1. The molecule has 0 rings (SSSR count). The predicted octanol–water partition coefficient (Wildman–Crippen LogP) is 1.34. The molecule has 1 atom stereocenters. The van der Waals surface area contributed by atoms with Crippen molar-refractivity contribution in [2.45, 2.75) is 39.2 Å². The smallest absolute Gasteiger partial charge is 0.141 e. The largest absolute Gasteiger partial charge is 0.409 e. The van der Waals surface area contributed by atoms with Crippen LogP contribution in [-0.4, -0.2) is 37.0 Å². The van der Waals surface area contributed by atoms with Gasteiger partial charge < -0.3 is 20.4 Å². The number of nitrogens with two attached hydrogens (primary N) is 1. The number of rotatable bonds is 9. The molecule has 0 aromatic carbocycles. The van der Waals surface area contributed by atoms with Gasteiger partial charge in [-0.15, -0.1) is 0 Å². The van der Waals surface area contributed by atoms with Crippen molar-refractivity contribution in [3.8, 4) is 0 Å². The Hall–Kier alpha value is -0.810. The van der Waals surface area contributed by atoms with Gasteiger partial charge >= 0.3 is 0 Å². The maximum atomic E-state index is 8.34. The van der Waals surface area contributed by atoms with Crippen LogP contribution in [-0.2, 0) is 9.47 Å². The Balaban J connectivity index is 3.27. The fourth-order valence-electron chi connectivity index (χ4n) is 1.05. The molecule has 0 bridgehead atoms. The van der Waals surface area contributed by atoms with Gasteiger partial charge in [-0.05, 0) is 13.3 Å². The summed E-state index contributed by atoms with van der Waals surface area (Å²) in [6.07, 6.45) is 2.61. The van der Waals surface area contributed by atoms with Crippen molar-refractivity contribution in [3.05, 3.63) is 0 Å². The van der Waals surface area contributed by atoms with Crippen LogP contribution in [0.2, 0.25) is 0 Å². The second kappa shape index (κ2) is 9.73. The summed E-state index contributed by atoms with van der Waals surface area (Å²) in [4.78, 5) is 0. The lowest BCUT2D eigenvalue weighted by Crippen LogP contribution is -2.22. The lowest BCUT2D eigenvalue weighted by molar-refractivity contribution is 0.0143. The summed E-state index contributed by atoms with van der Waals surface area (Å²) >= 11 is 0. The van der Waals surface area contributed by atoms with E-state index in [0.717, 1.165) is 19.4 Å². The molecule has 0 saturated carbocycles. The SMILES string of the molecule is CCCCOCCOC(C)CC(N)=NO. The number of amidine groups is 1. The van der Waals surface area contributed by atoms with Gasteiger partial charge in [0.25, 0.3) is 0 Å². The Morgan fingerprint density at radius 3 is 2.73 bits per heavy atom. The van der Waals surface area contributed by atoms with Crippen molar-refractivity contribution in [1.29, 1.82) is 0 Å². The van der Waals surface area contributed by atoms with Crippen LogP contribution in [0.5, 0.6) is 0 Å². The molecule has 5 nitrogen and oxygen atoms in total. The topological polar surface area (TPSA) is 77.1 Å². The van der Waals surface area contributed by atoms with Crippen LogP contribution in [0, 0.1) is 0 Å². The first-order valence-corrected chi connectivity index (χ1v) is 5.36. The molecule has 3 N–H and O–H groups in total. The van der Waals surface area contributed by atoms with E-state index < -0.39 is 0 Å². The first-order valence-electron chi connectivity index (χ1n) is 5.36. The van der Waals surface area contributed by atoms with E-state index in [2.05, 4.69) is 12.1 Å². The van der Waals surface area contributed by atoms with E-state index in [4.69, 9.17) is 20.4 Å². The van der Waals surface area contributed by atoms with E-state index in [1.54, 1.807) is 0 Å². The molecular weight excluding hydrogens is 196 g/mol. The minimum absolute atomic E-state index is 0.0457. The Morgan fingerprint density at radius 1 is 1.40 bits per heavy atom. The maximum Gasteiger partial charge on any atom is 0.141 e. The first kappa shape index (κ1) is 14.2. The maximum absolute atomic E-state index is 8.34. The summed E-state index contributed by atoms with van der Waals surface area (Å²) in [6.45, 7) is 5.93. The number of oxime groups is 1. The van der Waals surface area contributed by atoms with E-state index >= 15 is 0 Å². The van der Waals surface area contributed by atoms with E-state index in [0.29, 0.717) is 19.6 Å². The molecule has 0 saturated heterocycles. The number of ether oxygens (including phenoxy) is 2. The van der Waals surface area contributed by atoms with Crippen LogP contribution >= 0.6 is 0 Å². The zero-order valence-electron chi connectivity index (χ0n) is 9.61. The number of hydrogen-bond acceptors (Lipinski definition) is 4. The Bertz CT molecular complexity index is 174. The van der Waals surface area contributed by atoms with Crippen LogP contribution in [0.15, 0.2) is 5.16 Å². The second-order valence-electron chi connectivity index (χ2n) is 3.44. The average molecular weight is 218 g/mol. The molecule has 0 amide bonds. The molecular formula is C10H22N2O3. The van der Waals surface area contributed by atoms with E-state index in [1.807, 2.05) is 6.92 Å². The number of hydrogen-bond donors (Lipinski definition) is 2. The average Bonchev–Trinajstić information content (AvgIpc) is 2.23. The molecule has 1 unspecified atom stereocenters. The summed E-state index contributed by atoms with van der Waals surface area (Å²) < 4.78 is 10.7. The van der Waals surface area contributed by atoms with Gasteiger partial charge in [-0.1, -0.05) is 18.5 Å². The van der Waals surface area contributed by atoms with Crippen molar-refractivity contribution in [2.75, 3.05) is 19.8 Å². The van der Waals surface area contributed by atoms with Crippen LogP contribution in [0.1, 0.15) is 33.1 Å². The van der Waals surface area contributed by atoms with Gasteiger partial charge in [-0.25, -0.2) is 0 Å². The molecule has 0 radical (unpaired) electrons. The quantitative estimate of drug-likeness (QED) is 0.201. The van der Waals surface area contributed by atoms with Crippen molar-refractivity contribution >= 4 is 5.84 Å². The summed E-state index contributed by atoms with van der Waals surface area (Å²) in [5.41, 5.74) is 5.33. The zero-order valence-corrected chi connectivity index (χ0v) is 9.61.